The van der Waals surface area contributed by atoms with E-state index in [0.717, 1.165) is 28.2 Å². The molecule has 0 bridgehead atoms. The van der Waals surface area contributed by atoms with Gasteiger partial charge in [0.15, 0.2) is 11.8 Å². The summed E-state index contributed by atoms with van der Waals surface area (Å²) in [6, 6.07) is 12.8. The van der Waals surface area contributed by atoms with E-state index in [1.807, 2.05) is 28.9 Å². The fourth-order valence-corrected chi connectivity index (χ4v) is 6.23. The van der Waals surface area contributed by atoms with Gasteiger partial charge in [0.05, 0.1) is 5.52 Å². The van der Waals surface area contributed by atoms with Crippen LogP contribution in [0.25, 0.3) is 11.0 Å². The van der Waals surface area contributed by atoms with Crippen molar-refractivity contribution in [2.75, 3.05) is 0 Å². The van der Waals surface area contributed by atoms with Gasteiger partial charge < -0.3 is 4.79 Å². The minimum atomic E-state index is -1.54. The molecule has 0 amide bonds. The summed E-state index contributed by atoms with van der Waals surface area (Å²) in [7, 11) is -1.54. The molecule has 0 aliphatic carbocycles. The summed E-state index contributed by atoms with van der Waals surface area (Å²) in [5.41, 5.74) is 0.964. The topological polar surface area (TPSA) is 47.8 Å². The van der Waals surface area contributed by atoms with Gasteiger partial charge in [0.1, 0.15) is 5.52 Å². The highest BCUT2D eigenvalue weighted by Crippen LogP contribution is 2.38. The monoisotopic (exact) mass is 343 g/mol. The highest BCUT2D eigenvalue weighted by Gasteiger charge is 2.42. The molecule has 2 aromatic heterocycles. The molecule has 23 heavy (non-hydrogen) atoms. The number of aryl methyl sites for hydroxylation is 1. The molecule has 6 heteroatoms. The minimum Gasteiger partial charge on any atom is -0.300 e. The molecule has 120 valence electrons. The van der Waals surface area contributed by atoms with Gasteiger partial charge >= 0.3 is 0 Å². The van der Waals surface area contributed by atoms with Gasteiger partial charge in [0, 0.05) is 17.8 Å². The maximum absolute atomic E-state index is 12.4. The number of hydrogen-bond acceptors (Lipinski definition) is 4. The number of carbonyl (C=O) groups excluding carboxylic acids is 1. The van der Waals surface area contributed by atoms with Crippen LogP contribution in [0.5, 0.6) is 0 Å². The largest absolute Gasteiger partial charge is 0.300 e. The van der Waals surface area contributed by atoms with Crippen LogP contribution in [-0.4, -0.2) is 29.4 Å². The molecule has 1 atom stereocenters. The molecule has 2 heterocycles. The third kappa shape index (κ3) is 2.88. The summed E-state index contributed by atoms with van der Waals surface area (Å²) < 4.78 is 1.83. The molecule has 1 unspecified atom stereocenters. The van der Waals surface area contributed by atoms with Crippen LogP contribution in [0.4, 0.5) is 0 Å². The lowest BCUT2D eigenvalue weighted by Crippen LogP contribution is -2.43. The number of nitrogens with zero attached hydrogens (tertiary/aromatic N) is 3. The first kappa shape index (κ1) is 16.1. The summed E-state index contributed by atoms with van der Waals surface area (Å²) in [5, 5.41) is 8.64. The summed E-state index contributed by atoms with van der Waals surface area (Å²) in [5.74, 6) is 0. The lowest BCUT2D eigenvalue weighted by Gasteiger charge is -2.33. The summed E-state index contributed by atoms with van der Waals surface area (Å²) >= 11 is 1.67. The van der Waals surface area contributed by atoms with Crippen LogP contribution in [0.3, 0.4) is 0 Å². The number of aromatic nitrogens is 3. The van der Waals surface area contributed by atoms with E-state index in [9.17, 15) is 4.79 Å². The van der Waals surface area contributed by atoms with Crippen LogP contribution in [0, 0.1) is 6.92 Å². The van der Waals surface area contributed by atoms with Gasteiger partial charge in [0.2, 0.25) is 0 Å². The van der Waals surface area contributed by atoms with Gasteiger partial charge in [-0.05, 0) is 37.2 Å². The molecule has 1 aromatic carbocycles. The predicted octanol–water partition coefficient (Wildman–Crippen LogP) is 4.08. The Balaban J connectivity index is 2.28. The Bertz CT molecular complexity index is 849. The predicted molar refractivity (Wildman–Crippen MR) is 97.9 cm³/mol. The molecule has 0 radical (unpaired) electrons. The van der Waals surface area contributed by atoms with Crippen LogP contribution in [0.2, 0.25) is 25.7 Å². The van der Waals surface area contributed by atoms with Crippen LogP contribution < -0.4 is 0 Å². The van der Waals surface area contributed by atoms with Crippen molar-refractivity contribution in [1.29, 1.82) is 0 Å². The van der Waals surface area contributed by atoms with Crippen LogP contribution in [0.15, 0.2) is 36.4 Å². The molecule has 0 fully saturated rings. The van der Waals surface area contributed by atoms with Crippen LogP contribution in [0.1, 0.15) is 9.75 Å². The summed E-state index contributed by atoms with van der Waals surface area (Å²) in [6.45, 7) is 8.91. The number of hydrogen-bond donors (Lipinski definition) is 0. The molecular weight excluding hydrogens is 322 g/mol. The van der Waals surface area contributed by atoms with E-state index in [1.165, 1.54) is 4.88 Å². The van der Waals surface area contributed by atoms with E-state index < -0.39 is 13.6 Å². The molecule has 4 nitrogen and oxygen atoms in total. The quantitative estimate of drug-likeness (QED) is 0.518. The highest BCUT2D eigenvalue weighted by molar-refractivity contribution is 7.12. The molecule has 3 rings (SSSR count). The van der Waals surface area contributed by atoms with Crippen molar-refractivity contribution in [3.05, 3.63) is 46.2 Å². The maximum atomic E-state index is 12.4. The Morgan fingerprint density at radius 2 is 1.96 bits per heavy atom. The second-order valence-corrected chi connectivity index (χ2v) is 13.9. The standard InChI is InChI=1S/C17H21N3OSSi/c1-13-9-10-16(22-13)17(11-21,12-23(2,3)4)20-15-8-6-5-7-14(15)18-19-20/h5-11H,12H2,1-4H3. The number of carbonyl (C=O) groups is 1. The first-order valence-electron chi connectivity index (χ1n) is 7.70. The number of thiophene rings is 1. The normalized spacial score (nSPS) is 14.8. The third-order valence-electron chi connectivity index (χ3n) is 3.89. The molecule has 0 saturated heterocycles. The van der Waals surface area contributed by atoms with Crippen LogP contribution >= 0.6 is 11.3 Å². The average molecular weight is 344 g/mol. The van der Waals surface area contributed by atoms with Gasteiger partial charge in [-0.25, -0.2) is 4.68 Å². The SMILES string of the molecule is Cc1ccc(C(C=O)(C[Si](C)(C)C)n2nnc3ccccc32)s1. The zero-order valence-corrected chi connectivity index (χ0v) is 15.7. The summed E-state index contributed by atoms with van der Waals surface area (Å²) in [4.78, 5) is 14.6. The second kappa shape index (κ2) is 5.69. The van der Waals surface area contributed by atoms with E-state index in [-0.39, 0.29) is 0 Å². The zero-order valence-electron chi connectivity index (χ0n) is 13.9. The summed E-state index contributed by atoms with van der Waals surface area (Å²) in [6.07, 6.45) is 1.07. The van der Waals surface area contributed by atoms with Crippen molar-refractivity contribution >= 4 is 36.7 Å². The van der Waals surface area contributed by atoms with Crippen molar-refractivity contribution in [3.8, 4) is 0 Å². The second-order valence-electron chi connectivity index (χ2n) is 7.18. The molecule has 0 spiro atoms. The fraction of sp³-hybridized carbons (Fsp3) is 0.353. The zero-order chi connectivity index (χ0) is 16.7. The number of aldehydes is 1. The third-order valence-corrected chi connectivity index (χ3v) is 6.66. The van der Waals surface area contributed by atoms with Crippen molar-refractivity contribution in [2.24, 2.45) is 0 Å². The molecular formula is C17H21N3OSSi. The van der Waals surface area contributed by atoms with E-state index >= 15 is 0 Å². The maximum Gasteiger partial charge on any atom is 0.152 e. The van der Waals surface area contributed by atoms with E-state index in [1.54, 1.807) is 11.3 Å². The Hall–Kier alpha value is -1.79. The van der Waals surface area contributed by atoms with Crippen molar-refractivity contribution in [3.63, 3.8) is 0 Å². The lowest BCUT2D eigenvalue weighted by atomic mass is 10.0. The molecule has 0 N–H and O–H groups in total. The smallest absolute Gasteiger partial charge is 0.152 e. The van der Waals surface area contributed by atoms with Crippen LogP contribution in [-0.2, 0) is 10.3 Å². The lowest BCUT2D eigenvalue weighted by molar-refractivity contribution is -0.113. The van der Waals surface area contributed by atoms with Gasteiger partial charge in [-0.15, -0.1) is 16.4 Å². The van der Waals surface area contributed by atoms with Gasteiger partial charge in [0.25, 0.3) is 0 Å². The van der Waals surface area contributed by atoms with Crippen molar-refractivity contribution in [1.82, 2.24) is 15.0 Å². The Morgan fingerprint density at radius 1 is 1.22 bits per heavy atom. The number of fused-ring (bicyclic) bond motifs is 1. The van der Waals surface area contributed by atoms with E-state index in [4.69, 9.17) is 0 Å². The van der Waals surface area contributed by atoms with Gasteiger partial charge in [-0.1, -0.05) is 37.0 Å². The molecule has 0 saturated carbocycles. The fourth-order valence-electron chi connectivity index (χ4n) is 3.06. The highest BCUT2D eigenvalue weighted by atomic mass is 32.1. The average Bonchev–Trinajstić information content (AvgIpc) is 3.10. The molecule has 0 aliphatic heterocycles. The van der Waals surface area contributed by atoms with E-state index in [0.29, 0.717) is 0 Å². The number of para-hydroxylation sites is 1. The minimum absolute atomic E-state index is 0.764. The Morgan fingerprint density at radius 3 is 2.57 bits per heavy atom. The Labute approximate surface area is 141 Å². The number of benzene rings is 1. The van der Waals surface area contributed by atoms with Crippen molar-refractivity contribution < 1.29 is 4.79 Å². The van der Waals surface area contributed by atoms with Gasteiger partial charge in [-0.3, -0.25) is 0 Å². The first-order valence-corrected chi connectivity index (χ1v) is 12.2. The first-order chi connectivity index (χ1) is 10.9. The molecule has 0 aliphatic rings. The Kier molecular flexibility index (Phi) is 3.98. The van der Waals surface area contributed by atoms with Gasteiger partial charge in [-0.2, -0.15) is 0 Å². The van der Waals surface area contributed by atoms with Crippen molar-refractivity contribution in [2.45, 2.75) is 38.1 Å². The van der Waals surface area contributed by atoms with E-state index in [2.05, 4.69) is 49.0 Å². The number of rotatable bonds is 5. The molecule has 3 aromatic rings.